The van der Waals surface area contributed by atoms with Crippen LogP contribution in [0.1, 0.15) is 28.8 Å². The summed E-state index contributed by atoms with van der Waals surface area (Å²) in [5, 5.41) is 16.5. The number of hydrogen-bond donors (Lipinski definition) is 4. The van der Waals surface area contributed by atoms with Crippen LogP contribution in [0.5, 0.6) is 0 Å². The zero-order valence-electron chi connectivity index (χ0n) is 19.1. The molecule has 1 amide bonds. The summed E-state index contributed by atoms with van der Waals surface area (Å²) in [6, 6.07) is 6.94. The molecule has 5 rings (SSSR count). The molecule has 10 heteroatoms. The van der Waals surface area contributed by atoms with Crippen LogP contribution in [0.3, 0.4) is 0 Å². The number of aromatic nitrogens is 1. The van der Waals surface area contributed by atoms with Crippen molar-refractivity contribution >= 4 is 29.6 Å². The molecule has 1 fully saturated rings. The molecule has 5 N–H and O–H groups in total. The number of halogens is 1. The Bertz CT molecular complexity index is 1330. The van der Waals surface area contributed by atoms with Crippen LogP contribution < -0.4 is 20.9 Å². The van der Waals surface area contributed by atoms with Gasteiger partial charge < -0.3 is 15.5 Å². The van der Waals surface area contributed by atoms with Gasteiger partial charge in [-0.25, -0.2) is 4.39 Å². The number of anilines is 1. The fourth-order valence-electron chi connectivity index (χ4n) is 4.24. The summed E-state index contributed by atoms with van der Waals surface area (Å²) in [4.78, 5) is 33.6. The number of likely N-dealkylation sites (N-methyl/N-ethyl adjacent to an activating group) is 1. The van der Waals surface area contributed by atoms with E-state index in [0.717, 1.165) is 24.1 Å². The number of nitrogens with one attached hydrogen (secondary N) is 3. The highest BCUT2D eigenvalue weighted by molar-refractivity contribution is 6.10. The van der Waals surface area contributed by atoms with Crippen molar-refractivity contribution in [2.24, 2.45) is 4.99 Å². The van der Waals surface area contributed by atoms with Gasteiger partial charge in [-0.2, -0.15) is 4.99 Å². The van der Waals surface area contributed by atoms with Crippen LogP contribution in [0, 0.1) is 11.2 Å². The summed E-state index contributed by atoms with van der Waals surface area (Å²) in [5.74, 6) is 0.118. The molecule has 178 valence electrons. The van der Waals surface area contributed by atoms with E-state index in [1.165, 1.54) is 18.5 Å². The van der Waals surface area contributed by atoms with E-state index >= 15 is 0 Å². The van der Waals surface area contributed by atoms with Crippen LogP contribution in [-0.4, -0.2) is 48.5 Å². The lowest BCUT2D eigenvalue weighted by Gasteiger charge is -2.19. The molecule has 0 radical (unpaired) electrons. The Morgan fingerprint density at radius 2 is 2.17 bits per heavy atom. The lowest BCUT2D eigenvalue weighted by molar-refractivity contribution is -0.473. The van der Waals surface area contributed by atoms with Crippen LogP contribution in [0.15, 0.2) is 59.1 Å². The lowest BCUT2D eigenvalue weighted by atomic mass is 10.0. The van der Waals surface area contributed by atoms with E-state index in [1.807, 2.05) is 11.0 Å². The monoisotopic (exact) mass is 474 g/mol. The van der Waals surface area contributed by atoms with Crippen molar-refractivity contribution in [2.45, 2.75) is 25.3 Å². The number of nitrogens with zero attached hydrogens (tertiary/aromatic N) is 3. The normalized spacial score (nSPS) is 17.0. The SMILES string of the molecule is CN/C(=C/C(=N)N1CCc2c(-c3ncc(C=O)cc3F)cccc21)C1=NC=C(C(=O)NC2CC2)[NH2+]1. The average molecular weight is 475 g/mol. The Morgan fingerprint density at radius 1 is 1.34 bits per heavy atom. The first-order valence-electron chi connectivity index (χ1n) is 11.4. The molecule has 35 heavy (non-hydrogen) atoms. The first-order valence-corrected chi connectivity index (χ1v) is 11.4. The topological polar surface area (TPSA) is 127 Å². The van der Waals surface area contributed by atoms with Gasteiger partial charge in [0.05, 0.1) is 0 Å². The maximum Gasteiger partial charge on any atom is 0.307 e. The Morgan fingerprint density at radius 3 is 2.89 bits per heavy atom. The van der Waals surface area contributed by atoms with Gasteiger partial charge in [-0.1, -0.05) is 12.1 Å². The Labute approximate surface area is 201 Å². The van der Waals surface area contributed by atoms with Gasteiger partial charge in [0.2, 0.25) is 5.70 Å². The molecule has 0 bridgehead atoms. The third kappa shape index (κ3) is 4.47. The van der Waals surface area contributed by atoms with Gasteiger partial charge in [-0.05, 0) is 37.0 Å². The van der Waals surface area contributed by atoms with E-state index < -0.39 is 5.82 Å². The third-order valence-corrected chi connectivity index (χ3v) is 6.21. The molecular weight excluding hydrogens is 449 g/mol. The minimum Gasteiger partial charge on any atom is -0.382 e. The Balaban J connectivity index is 1.35. The summed E-state index contributed by atoms with van der Waals surface area (Å²) in [6.07, 6.45) is 7.77. The number of fused-ring (bicyclic) bond motifs is 1. The van der Waals surface area contributed by atoms with Crippen molar-refractivity contribution in [2.75, 3.05) is 18.5 Å². The Kier molecular flexibility index (Phi) is 5.96. The standard InChI is InChI=1S/C25H24FN7O2/c1-28-19(24-30-12-20(32-24)25(35)31-15-5-6-15)10-22(27)33-8-7-16-17(3-2-4-21(16)33)23-18(26)9-14(13-34)11-29-23/h2-4,9-13,15,27-28H,5-8H2,1H3,(H,30,32)(H,31,35)/p+1/b19-10+,27-22?. The highest BCUT2D eigenvalue weighted by atomic mass is 19.1. The smallest absolute Gasteiger partial charge is 0.307 e. The zero-order chi connectivity index (χ0) is 24.5. The van der Waals surface area contributed by atoms with E-state index in [-0.39, 0.29) is 29.0 Å². The van der Waals surface area contributed by atoms with E-state index in [9.17, 15) is 14.0 Å². The number of nitrogens with two attached hydrogens (primary N) is 1. The third-order valence-electron chi connectivity index (χ3n) is 6.21. The molecule has 3 aliphatic rings. The fraction of sp³-hybridized carbons (Fsp3) is 0.240. The molecule has 1 saturated carbocycles. The maximum atomic E-state index is 14.7. The number of rotatable bonds is 7. The molecule has 1 aliphatic carbocycles. The second-order valence-corrected chi connectivity index (χ2v) is 8.61. The first-order chi connectivity index (χ1) is 17.0. The number of aldehydes is 1. The van der Waals surface area contributed by atoms with Gasteiger partial charge in [0, 0.05) is 48.7 Å². The van der Waals surface area contributed by atoms with Crippen molar-refractivity contribution in [1.29, 1.82) is 5.41 Å². The van der Waals surface area contributed by atoms with Crippen molar-refractivity contribution < 1.29 is 19.3 Å². The summed E-state index contributed by atoms with van der Waals surface area (Å²) in [6.45, 7) is 0.552. The molecule has 0 atom stereocenters. The number of amides is 1. The van der Waals surface area contributed by atoms with Gasteiger partial charge in [0.15, 0.2) is 6.29 Å². The van der Waals surface area contributed by atoms with Crippen LogP contribution in [0.4, 0.5) is 10.1 Å². The van der Waals surface area contributed by atoms with Crippen molar-refractivity contribution in [1.82, 2.24) is 15.6 Å². The number of amidine groups is 2. The number of carbonyl (C=O) groups excluding carboxylic acids is 2. The number of pyridine rings is 1. The van der Waals surface area contributed by atoms with E-state index in [0.29, 0.717) is 42.0 Å². The molecule has 0 spiro atoms. The van der Waals surface area contributed by atoms with E-state index in [2.05, 4.69) is 20.6 Å². The van der Waals surface area contributed by atoms with E-state index in [1.54, 1.807) is 30.6 Å². The number of hydrogen-bond acceptors (Lipinski definition) is 6. The predicted molar refractivity (Wildman–Crippen MR) is 130 cm³/mol. The minimum absolute atomic E-state index is 0.139. The van der Waals surface area contributed by atoms with Gasteiger partial charge in [-0.15, -0.1) is 0 Å². The van der Waals surface area contributed by atoms with Crippen LogP contribution >= 0.6 is 0 Å². The summed E-state index contributed by atoms with van der Waals surface area (Å²) < 4.78 is 14.7. The average Bonchev–Trinajstić information content (AvgIpc) is 3.36. The largest absolute Gasteiger partial charge is 0.382 e. The van der Waals surface area contributed by atoms with Crippen LogP contribution in [0.25, 0.3) is 11.3 Å². The van der Waals surface area contributed by atoms with E-state index in [4.69, 9.17) is 5.41 Å². The first kappa shape index (κ1) is 22.6. The quantitative estimate of drug-likeness (QED) is 0.273. The maximum absolute atomic E-state index is 14.7. The van der Waals surface area contributed by atoms with Crippen molar-refractivity contribution in [3.8, 4) is 11.3 Å². The van der Waals surface area contributed by atoms with Gasteiger partial charge in [0.25, 0.3) is 5.84 Å². The second kappa shape index (κ2) is 9.22. The summed E-state index contributed by atoms with van der Waals surface area (Å²) in [5.41, 5.74) is 3.82. The van der Waals surface area contributed by atoms with Gasteiger partial charge in [-0.3, -0.25) is 25.3 Å². The summed E-state index contributed by atoms with van der Waals surface area (Å²) in [7, 11) is 1.74. The lowest BCUT2D eigenvalue weighted by Crippen LogP contribution is -2.87. The number of aliphatic imine (C=N–C) groups is 1. The number of benzene rings is 1. The predicted octanol–water partition coefficient (Wildman–Crippen LogP) is 1.24. The number of carbonyl (C=O) groups is 2. The van der Waals surface area contributed by atoms with Gasteiger partial charge in [0.1, 0.15) is 29.2 Å². The molecule has 1 aromatic carbocycles. The summed E-state index contributed by atoms with van der Waals surface area (Å²) >= 11 is 0. The molecule has 2 aromatic rings. The second-order valence-electron chi connectivity index (χ2n) is 8.61. The zero-order valence-corrected chi connectivity index (χ0v) is 19.1. The minimum atomic E-state index is -0.558. The molecule has 0 saturated heterocycles. The molecule has 1 aromatic heterocycles. The molecule has 2 aliphatic heterocycles. The molecular formula is C25H25FN7O2+. The highest BCUT2D eigenvalue weighted by Crippen LogP contribution is 2.36. The van der Waals surface area contributed by atoms with Crippen LogP contribution in [-0.2, 0) is 11.2 Å². The molecule has 3 heterocycles. The Hall–Kier alpha value is -4.18. The van der Waals surface area contributed by atoms with Gasteiger partial charge >= 0.3 is 5.91 Å². The van der Waals surface area contributed by atoms with Crippen LogP contribution in [0.2, 0.25) is 0 Å². The van der Waals surface area contributed by atoms with Crippen molar-refractivity contribution in [3.63, 3.8) is 0 Å². The van der Waals surface area contributed by atoms with Crippen molar-refractivity contribution in [3.05, 3.63) is 71.1 Å². The number of quaternary nitrogens is 1. The molecule has 9 nitrogen and oxygen atoms in total. The fourth-order valence-corrected chi connectivity index (χ4v) is 4.24. The molecule has 0 unspecified atom stereocenters. The highest BCUT2D eigenvalue weighted by Gasteiger charge is 2.31.